The number of esters is 1. The first-order valence-corrected chi connectivity index (χ1v) is 8.68. The zero-order valence-electron chi connectivity index (χ0n) is 16.1. The van der Waals surface area contributed by atoms with Gasteiger partial charge in [-0.1, -0.05) is 47.6 Å². The molecule has 0 spiro atoms. The van der Waals surface area contributed by atoms with Crippen LogP contribution in [0, 0.1) is 0 Å². The van der Waals surface area contributed by atoms with Gasteiger partial charge in [-0.25, -0.2) is 4.79 Å². The third-order valence-corrected chi connectivity index (χ3v) is 4.41. The molecule has 1 aromatic carbocycles. The Bertz CT molecular complexity index is 620. The maximum absolute atomic E-state index is 12.6. The molecular weight excluding hydrogens is 300 g/mol. The molecule has 0 fully saturated rings. The van der Waals surface area contributed by atoms with E-state index in [9.17, 15) is 4.79 Å². The zero-order chi connectivity index (χ0) is 18.1. The van der Waals surface area contributed by atoms with E-state index < -0.39 is 0 Å². The molecule has 1 aliphatic rings. The van der Waals surface area contributed by atoms with Gasteiger partial charge in [0, 0.05) is 16.7 Å². The Morgan fingerprint density at radius 1 is 1.00 bits per heavy atom. The molecule has 0 unspecified atom stereocenters. The summed E-state index contributed by atoms with van der Waals surface area (Å²) in [5.41, 5.74) is 2.48. The zero-order valence-corrected chi connectivity index (χ0v) is 16.1. The summed E-state index contributed by atoms with van der Waals surface area (Å²) in [5.74, 6) is 1.27. The minimum absolute atomic E-state index is 0.159. The molecule has 24 heavy (non-hydrogen) atoms. The van der Waals surface area contributed by atoms with Gasteiger partial charge in [0.05, 0.1) is 7.11 Å². The van der Waals surface area contributed by atoms with Gasteiger partial charge >= 0.3 is 5.97 Å². The SMILES string of the molecule is COc1cc(C(C)(C)C)c(OC(=O)C2=CCCC2)c(C(C)(C)C)c1. The quantitative estimate of drug-likeness (QED) is 0.557. The molecular formula is C21H30O3. The van der Waals surface area contributed by atoms with Crippen molar-refractivity contribution in [2.75, 3.05) is 7.11 Å². The summed E-state index contributed by atoms with van der Waals surface area (Å²) in [6, 6.07) is 3.97. The van der Waals surface area contributed by atoms with Crippen LogP contribution in [0.3, 0.4) is 0 Å². The van der Waals surface area contributed by atoms with Gasteiger partial charge in [-0.15, -0.1) is 0 Å². The van der Waals surface area contributed by atoms with Crippen LogP contribution in [0.4, 0.5) is 0 Å². The first kappa shape index (κ1) is 18.6. The van der Waals surface area contributed by atoms with Crippen molar-refractivity contribution in [2.24, 2.45) is 0 Å². The van der Waals surface area contributed by atoms with E-state index in [0.717, 1.165) is 41.7 Å². The van der Waals surface area contributed by atoms with Crippen LogP contribution in [-0.4, -0.2) is 13.1 Å². The Morgan fingerprint density at radius 3 is 1.92 bits per heavy atom. The van der Waals surface area contributed by atoms with Crippen molar-refractivity contribution >= 4 is 5.97 Å². The number of carbonyl (C=O) groups is 1. The summed E-state index contributed by atoms with van der Waals surface area (Å²) >= 11 is 0. The summed E-state index contributed by atoms with van der Waals surface area (Å²) in [6.07, 6.45) is 4.81. The number of rotatable bonds is 3. The number of carbonyl (C=O) groups excluding carboxylic acids is 1. The molecule has 0 radical (unpaired) electrons. The van der Waals surface area contributed by atoms with Gasteiger partial charge in [-0.2, -0.15) is 0 Å². The predicted molar refractivity (Wildman–Crippen MR) is 98.0 cm³/mol. The molecule has 1 aliphatic carbocycles. The molecule has 0 aliphatic heterocycles. The second-order valence-corrected chi connectivity index (χ2v) is 8.56. The Kier molecular flexibility index (Phi) is 5.12. The number of hydrogen-bond donors (Lipinski definition) is 0. The van der Waals surface area contributed by atoms with Gasteiger partial charge in [0.1, 0.15) is 11.5 Å². The van der Waals surface area contributed by atoms with Crippen LogP contribution in [0.2, 0.25) is 0 Å². The molecule has 2 rings (SSSR count). The van der Waals surface area contributed by atoms with Crippen molar-refractivity contribution in [1.29, 1.82) is 0 Å². The second-order valence-electron chi connectivity index (χ2n) is 8.56. The normalized spacial score (nSPS) is 15.2. The lowest BCUT2D eigenvalue weighted by Gasteiger charge is -2.29. The Morgan fingerprint density at radius 2 is 1.54 bits per heavy atom. The largest absolute Gasteiger partial charge is 0.497 e. The standard InChI is InChI=1S/C21H30O3/c1-20(2,3)16-12-15(23-7)13-17(21(4,5)6)18(16)24-19(22)14-10-8-9-11-14/h10,12-13H,8-9,11H2,1-7H3. The molecule has 1 aromatic rings. The highest BCUT2D eigenvalue weighted by Crippen LogP contribution is 2.43. The first-order valence-electron chi connectivity index (χ1n) is 8.68. The van der Waals surface area contributed by atoms with Gasteiger partial charge in [0.25, 0.3) is 0 Å². The van der Waals surface area contributed by atoms with E-state index in [1.165, 1.54) is 0 Å². The van der Waals surface area contributed by atoms with Gasteiger partial charge in [-0.3, -0.25) is 0 Å². The highest BCUT2D eigenvalue weighted by atomic mass is 16.5. The molecule has 0 saturated heterocycles. The lowest BCUT2D eigenvalue weighted by molar-refractivity contribution is -0.130. The fourth-order valence-electron chi connectivity index (χ4n) is 2.96. The second kappa shape index (κ2) is 6.62. The molecule has 0 aromatic heterocycles. The minimum Gasteiger partial charge on any atom is -0.497 e. The maximum Gasteiger partial charge on any atom is 0.339 e. The van der Waals surface area contributed by atoms with Crippen molar-refractivity contribution in [3.63, 3.8) is 0 Å². The van der Waals surface area contributed by atoms with E-state index in [-0.39, 0.29) is 16.8 Å². The molecule has 0 amide bonds. The maximum atomic E-state index is 12.6. The van der Waals surface area contributed by atoms with Crippen molar-refractivity contribution in [3.8, 4) is 11.5 Å². The first-order chi connectivity index (χ1) is 11.0. The molecule has 0 saturated carbocycles. The van der Waals surface area contributed by atoms with Crippen LogP contribution >= 0.6 is 0 Å². The fourth-order valence-corrected chi connectivity index (χ4v) is 2.96. The van der Waals surface area contributed by atoms with Gasteiger partial charge in [0.15, 0.2) is 0 Å². The fraction of sp³-hybridized carbons (Fsp3) is 0.571. The average molecular weight is 330 g/mol. The van der Waals surface area contributed by atoms with Crippen LogP contribution in [0.25, 0.3) is 0 Å². The van der Waals surface area contributed by atoms with Gasteiger partial charge in [-0.05, 0) is 42.2 Å². The molecule has 0 N–H and O–H groups in total. The molecule has 0 heterocycles. The Balaban J connectivity index is 2.59. The number of allylic oxidation sites excluding steroid dienone is 1. The van der Waals surface area contributed by atoms with Crippen molar-refractivity contribution < 1.29 is 14.3 Å². The number of ether oxygens (including phenoxy) is 2. The van der Waals surface area contributed by atoms with E-state index in [1.807, 2.05) is 18.2 Å². The number of benzene rings is 1. The van der Waals surface area contributed by atoms with Crippen LogP contribution in [0.15, 0.2) is 23.8 Å². The van der Waals surface area contributed by atoms with E-state index >= 15 is 0 Å². The minimum atomic E-state index is -0.214. The average Bonchev–Trinajstić information content (AvgIpc) is 2.99. The molecule has 132 valence electrons. The number of hydrogen-bond acceptors (Lipinski definition) is 3. The van der Waals surface area contributed by atoms with Gasteiger partial charge < -0.3 is 9.47 Å². The van der Waals surface area contributed by atoms with E-state index in [2.05, 4.69) is 41.5 Å². The predicted octanol–water partition coefficient (Wildman–Crippen LogP) is 5.31. The summed E-state index contributed by atoms with van der Waals surface area (Å²) in [5, 5.41) is 0. The van der Waals surface area contributed by atoms with Crippen LogP contribution in [0.5, 0.6) is 11.5 Å². The van der Waals surface area contributed by atoms with Crippen LogP contribution in [0.1, 0.15) is 71.9 Å². The van der Waals surface area contributed by atoms with Crippen LogP contribution in [-0.2, 0) is 15.6 Å². The van der Waals surface area contributed by atoms with Crippen molar-refractivity contribution in [2.45, 2.75) is 71.6 Å². The molecule has 0 bridgehead atoms. The Labute approximate surface area is 146 Å². The van der Waals surface area contributed by atoms with E-state index in [4.69, 9.17) is 9.47 Å². The summed E-state index contributed by atoms with van der Waals surface area (Å²) in [4.78, 5) is 12.6. The summed E-state index contributed by atoms with van der Waals surface area (Å²) in [6.45, 7) is 12.8. The summed E-state index contributed by atoms with van der Waals surface area (Å²) in [7, 11) is 1.67. The van der Waals surface area contributed by atoms with Gasteiger partial charge in [0.2, 0.25) is 0 Å². The topological polar surface area (TPSA) is 35.5 Å². The van der Waals surface area contributed by atoms with E-state index in [1.54, 1.807) is 7.11 Å². The lowest BCUT2D eigenvalue weighted by atomic mass is 9.79. The summed E-state index contributed by atoms with van der Waals surface area (Å²) < 4.78 is 11.4. The Hall–Kier alpha value is -1.77. The molecule has 0 atom stereocenters. The van der Waals surface area contributed by atoms with Crippen molar-refractivity contribution in [3.05, 3.63) is 34.9 Å². The highest BCUT2D eigenvalue weighted by Gasteiger charge is 2.30. The van der Waals surface area contributed by atoms with Crippen molar-refractivity contribution in [1.82, 2.24) is 0 Å². The monoisotopic (exact) mass is 330 g/mol. The molecule has 3 heteroatoms. The lowest BCUT2D eigenvalue weighted by Crippen LogP contribution is -2.22. The molecule has 3 nitrogen and oxygen atoms in total. The van der Waals surface area contributed by atoms with E-state index in [0.29, 0.717) is 5.75 Å². The van der Waals surface area contributed by atoms with Crippen LogP contribution < -0.4 is 9.47 Å². The number of methoxy groups -OCH3 is 1. The highest BCUT2D eigenvalue weighted by molar-refractivity contribution is 5.91. The third kappa shape index (κ3) is 4.00. The third-order valence-electron chi connectivity index (χ3n) is 4.41. The smallest absolute Gasteiger partial charge is 0.339 e.